The highest BCUT2D eigenvalue weighted by atomic mass is 35.5. The van der Waals surface area contributed by atoms with Crippen LogP contribution in [-0.2, 0) is 10.0 Å². The van der Waals surface area contributed by atoms with E-state index in [-0.39, 0.29) is 22.6 Å². The lowest BCUT2D eigenvalue weighted by atomic mass is 10.1. The molecule has 0 saturated heterocycles. The number of sulfonamides is 1. The largest absolute Gasteiger partial charge is 0.454 e. The molecule has 0 radical (unpaired) electrons. The molecule has 3 rings (SSSR count). The second kappa shape index (κ2) is 6.55. The van der Waals surface area contributed by atoms with Crippen molar-refractivity contribution in [2.75, 3.05) is 6.79 Å². The smallest absolute Gasteiger partial charge is 0.251 e. The van der Waals surface area contributed by atoms with Crippen molar-refractivity contribution in [3.05, 3.63) is 52.5 Å². The van der Waals surface area contributed by atoms with Gasteiger partial charge in [0.15, 0.2) is 11.5 Å². The van der Waals surface area contributed by atoms with Gasteiger partial charge in [-0.15, -0.1) is 0 Å². The van der Waals surface area contributed by atoms with Crippen LogP contribution >= 0.6 is 11.6 Å². The number of nitrogens with one attached hydrogen (secondary N) is 1. The molecule has 0 bridgehead atoms. The minimum atomic E-state index is -3.81. The number of amides is 1. The zero-order valence-corrected chi connectivity index (χ0v) is 14.7. The lowest BCUT2D eigenvalue weighted by Crippen LogP contribution is -2.27. The zero-order chi connectivity index (χ0) is 18.2. The van der Waals surface area contributed by atoms with E-state index in [1.807, 2.05) is 0 Å². The number of rotatable bonds is 4. The summed E-state index contributed by atoms with van der Waals surface area (Å²) in [6, 6.07) is 8.66. The summed E-state index contributed by atoms with van der Waals surface area (Å²) in [5.41, 5.74) is 0.912. The van der Waals surface area contributed by atoms with Crippen LogP contribution in [0.4, 0.5) is 0 Å². The normalized spacial score (nSPS) is 14.2. The average molecular weight is 383 g/mol. The SMILES string of the molecule is C[C@H](NC(=O)c1cc(Cl)c2c(c1)OCO2)c1cccc(S(N)(=O)=O)c1. The van der Waals surface area contributed by atoms with Crippen molar-refractivity contribution < 1.29 is 22.7 Å². The van der Waals surface area contributed by atoms with Crippen LogP contribution < -0.4 is 19.9 Å². The van der Waals surface area contributed by atoms with Gasteiger partial charge >= 0.3 is 0 Å². The molecule has 25 heavy (non-hydrogen) atoms. The van der Waals surface area contributed by atoms with E-state index in [2.05, 4.69) is 5.32 Å². The molecule has 1 heterocycles. The van der Waals surface area contributed by atoms with Crippen molar-refractivity contribution in [3.63, 3.8) is 0 Å². The standard InChI is InChI=1S/C16H15ClN2O5S/c1-9(10-3-2-4-12(5-10)25(18,21)22)19-16(20)11-6-13(17)15-14(7-11)23-8-24-15/h2-7,9H,8H2,1H3,(H,19,20)(H2,18,21,22)/t9-/m0/s1. The molecule has 1 aliphatic rings. The number of ether oxygens (including phenoxy) is 2. The van der Waals surface area contributed by atoms with Crippen molar-refractivity contribution in [1.29, 1.82) is 0 Å². The van der Waals surface area contributed by atoms with Gasteiger partial charge in [-0.25, -0.2) is 13.6 Å². The number of nitrogens with two attached hydrogens (primary N) is 1. The molecule has 7 nitrogen and oxygen atoms in total. The third kappa shape index (κ3) is 3.71. The van der Waals surface area contributed by atoms with Crippen LogP contribution in [0.1, 0.15) is 28.9 Å². The first-order valence-electron chi connectivity index (χ1n) is 7.28. The Bertz CT molecular complexity index is 946. The Morgan fingerprint density at radius 1 is 1.28 bits per heavy atom. The van der Waals surface area contributed by atoms with Crippen molar-refractivity contribution in [1.82, 2.24) is 5.32 Å². The molecule has 1 amide bonds. The fourth-order valence-electron chi connectivity index (χ4n) is 2.42. The maximum Gasteiger partial charge on any atom is 0.251 e. The van der Waals surface area contributed by atoms with Gasteiger partial charge in [0, 0.05) is 5.56 Å². The van der Waals surface area contributed by atoms with Crippen LogP contribution in [0, 0.1) is 0 Å². The van der Waals surface area contributed by atoms with E-state index in [0.717, 1.165) is 0 Å². The highest BCUT2D eigenvalue weighted by Crippen LogP contribution is 2.39. The molecule has 0 spiro atoms. The van der Waals surface area contributed by atoms with Gasteiger partial charge in [-0.05, 0) is 36.8 Å². The first-order chi connectivity index (χ1) is 11.8. The quantitative estimate of drug-likeness (QED) is 0.842. The van der Waals surface area contributed by atoms with Gasteiger partial charge in [0.1, 0.15) is 0 Å². The number of halogens is 1. The Morgan fingerprint density at radius 3 is 2.76 bits per heavy atom. The van der Waals surface area contributed by atoms with Crippen molar-refractivity contribution in [3.8, 4) is 11.5 Å². The van der Waals surface area contributed by atoms with Crippen LogP contribution in [0.2, 0.25) is 5.02 Å². The number of benzene rings is 2. The van der Waals surface area contributed by atoms with E-state index >= 15 is 0 Å². The lowest BCUT2D eigenvalue weighted by Gasteiger charge is -2.15. The fraction of sp³-hybridized carbons (Fsp3) is 0.188. The minimum absolute atomic E-state index is 0.0165. The molecule has 0 aliphatic carbocycles. The fourth-order valence-corrected chi connectivity index (χ4v) is 3.26. The molecule has 2 aromatic rings. The van der Waals surface area contributed by atoms with Gasteiger partial charge in [-0.1, -0.05) is 23.7 Å². The van der Waals surface area contributed by atoms with Gasteiger partial charge in [-0.3, -0.25) is 4.79 Å². The number of fused-ring (bicyclic) bond motifs is 1. The number of primary sulfonamides is 1. The van der Waals surface area contributed by atoms with Crippen LogP contribution in [0.3, 0.4) is 0 Å². The van der Waals surface area contributed by atoms with Crippen LogP contribution in [0.25, 0.3) is 0 Å². The molecule has 0 fully saturated rings. The summed E-state index contributed by atoms with van der Waals surface area (Å²) >= 11 is 6.08. The number of hydrogen-bond acceptors (Lipinski definition) is 5. The molecule has 2 aromatic carbocycles. The van der Waals surface area contributed by atoms with E-state index in [1.165, 1.54) is 24.3 Å². The van der Waals surface area contributed by atoms with Gasteiger partial charge < -0.3 is 14.8 Å². The van der Waals surface area contributed by atoms with E-state index in [4.69, 9.17) is 26.2 Å². The Hall–Kier alpha value is -2.29. The van der Waals surface area contributed by atoms with Crippen molar-refractivity contribution >= 4 is 27.5 Å². The van der Waals surface area contributed by atoms with Crippen molar-refractivity contribution in [2.45, 2.75) is 17.9 Å². The Morgan fingerprint density at radius 2 is 2.04 bits per heavy atom. The molecule has 0 aromatic heterocycles. The highest BCUT2D eigenvalue weighted by molar-refractivity contribution is 7.89. The molecule has 0 saturated carbocycles. The maximum absolute atomic E-state index is 12.5. The van der Waals surface area contributed by atoms with E-state index < -0.39 is 16.1 Å². The lowest BCUT2D eigenvalue weighted by molar-refractivity contribution is 0.0939. The van der Waals surface area contributed by atoms with E-state index in [9.17, 15) is 13.2 Å². The van der Waals surface area contributed by atoms with Gasteiger partial charge in [0.25, 0.3) is 5.91 Å². The molecule has 0 unspecified atom stereocenters. The Labute approximate surface area is 149 Å². The highest BCUT2D eigenvalue weighted by Gasteiger charge is 2.21. The molecule has 1 atom stereocenters. The number of hydrogen-bond donors (Lipinski definition) is 2. The number of carbonyl (C=O) groups excluding carboxylic acids is 1. The summed E-state index contributed by atoms with van der Waals surface area (Å²) in [6.07, 6.45) is 0. The minimum Gasteiger partial charge on any atom is -0.454 e. The molecule has 132 valence electrons. The third-order valence-electron chi connectivity index (χ3n) is 3.72. The van der Waals surface area contributed by atoms with E-state index in [0.29, 0.717) is 22.6 Å². The Kier molecular flexibility index (Phi) is 4.59. The molecular weight excluding hydrogens is 368 g/mol. The second-order valence-electron chi connectivity index (χ2n) is 5.50. The van der Waals surface area contributed by atoms with Crippen molar-refractivity contribution in [2.24, 2.45) is 5.14 Å². The summed E-state index contributed by atoms with van der Waals surface area (Å²) in [7, 11) is -3.81. The average Bonchev–Trinajstić information content (AvgIpc) is 3.03. The summed E-state index contributed by atoms with van der Waals surface area (Å²) < 4.78 is 33.3. The van der Waals surface area contributed by atoms with Gasteiger partial charge in [0.05, 0.1) is 16.0 Å². The topological polar surface area (TPSA) is 108 Å². The molecular formula is C16H15ClN2O5S. The summed E-state index contributed by atoms with van der Waals surface area (Å²) in [5, 5.41) is 8.19. The predicted octanol–water partition coefficient (Wildman–Crippen LogP) is 2.21. The van der Waals surface area contributed by atoms with Crippen LogP contribution in [-0.4, -0.2) is 21.1 Å². The maximum atomic E-state index is 12.5. The Balaban J connectivity index is 1.81. The summed E-state index contributed by atoms with van der Waals surface area (Å²) in [5.74, 6) is 0.433. The summed E-state index contributed by atoms with van der Waals surface area (Å²) in [6.45, 7) is 1.78. The number of carbonyl (C=O) groups is 1. The second-order valence-corrected chi connectivity index (χ2v) is 7.47. The van der Waals surface area contributed by atoms with Crippen LogP contribution in [0.5, 0.6) is 11.5 Å². The first-order valence-corrected chi connectivity index (χ1v) is 9.21. The summed E-state index contributed by atoms with van der Waals surface area (Å²) in [4.78, 5) is 12.4. The van der Waals surface area contributed by atoms with Gasteiger partial charge in [0.2, 0.25) is 16.8 Å². The monoisotopic (exact) mass is 382 g/mol. The predicted molar refractivity (Wildman–Crippen MR) is 91.3 cm³/mol. The molecule has 1 aliphatic heterocycles. The van der Waals surface area contributed by atoms with Crippen LogP contribution in [0.15, 0.2) is 41.3 Å². The molecule has 9 heteroatoms. The first kappa shape index (κ1) is 17.5. The zero-order valence-electron chi connectivity index (χ0n) is 13.2. The third-order valence-corrected chi connectivity index (χ3v) is 4.92. The molecule has 3 N–H and O–H groups in total. The van der Waals surface area contributed by atoms with E-state index in [1.54, 1.807) is 19.1 Å². The van der Waals surface area contributed by atoms with Gasteiger partial charge in [-0.2, -0.15) is 0 Å².